The highest BCUT2D eigenvalue weighted by Gasteiger charge is 2.06. The Morgan fingerprint density at radius 1 is 1.06 bits per heavy atom. The topological polar surface area (TPSA) is 35.2 Å². The van der Waals surface area contributed by atoms with Crippen LogP contribution in [-0.4, -0.2) is 0 Å². The molecule has 0 amide bonds. The second-order valence-electron chi connectivity index (χ2n) is 3.21. The Balaban J connectivity index is 2.27. The van der Waals surface area contributed by atoms with Crippen LogP contribution in [0.25, 0.3) is 0 Å². The molecular formula is C12H9ClFNO. The zero-order valence-corrected chi connectivity index (χ0v) is 9.04. The van der Waals surface area contributed by atoms with Crippen LogP contribution in [0.5, 0.6) is 11.5 Å². The van der Waals surface area contributed by atoms with Crippen molar-refractivity contribution in [1.82, 2.24) is 0 Å². The van der Waals surface area contributed by atoms with E-state index in [1.54, 1.807) is 30.3 Å². The average Bonchev–Trinajstić information content (AvgIpc) is 2.28. The third kappa shape index (κ3) is 2.25. The Hall–Kier alpha value is -1.74. The predicted molar refractivity (Wildman–Crippen MR) is 62.3 cm³/mol. The molecule has 0 aliphatic carbocycles. The van der Waals surface area contributed by atoms with E-state index < -0.39 is 5.82 Å². The van der Waals surface area contributed by atoms with Crippen molar-refractivity contribution in [3.63, 3.8) is 0 Å². The minimum atomic E-state index is -0.494. The molecule has 4 heteroatoms. The first-order chi connectivity index (χ1) is 7.66. The number of nitrogen functional groups attached to an aromatic ring is 1. The lowest BCUT2D eigenvalue weighted by Gasteiger charge is -2.08. The Morgan fingerprint density at radius 2 is 1.75 bits per heavy atom. The molecule has 0 radical (unpaired) electrons. The van der Waals surface area contributed by atoms with Crippen molar-refractivity contribution in [1.29, 1.82) is 0 Å². The first-order valence-electron chi connectivity index (χ1n) is 4.64. The van der Waals surface area contributed by atoms with E-state index in [4.69, 9.17) is 22.1 Å². The molecule has 0 saturated heterocycles. The molecule has 2 aromatic rings. The van der Waals surface area contributed by atoms with Crippen LogP contribution >= 0.6 is 11.6 Å². The van der Waals surface area contributed by atoms with Gasteiger partial charge in [0.25, 0.3) is 0 Å². The molecule has 16 heavy (non-hydrogen) atoms. The monoisotopic (exact) mass is 237 g/mol. The molecule has 0 fully saturated rings. The van der Waals surface area contributed by atoms with Crippen LogP contribution in [0.1, 0.15) is 0 Å². The SMILES string of the molecule is Nc1c(F)cccc1Oc1ccc(Cl)cc1. The quantitative estimate of drug-likeness (QED) is 0.805. The molecule has 2 aromatic carbocycles. The highest BCUT2D eigenvalue weighted by Crippen LogP contribution is 2.29. The van der Waals surface area contributed by atoms with Gasteiger partial charge < -0.3 is 10.5 Å². The summed E-state index contributed by atoms with van der Waals surface area (Å²) < 4.78 is 18.5. The maximum Gasteiger partial charge on any atom is 0.153 e. The Bertz CT molecular complexity index is 499. The Kier molecular flexibility index (Phi) is 2.97. The number of ether oxygens (including phenoxy) is 1. The van der Waals surface area contributed by atoms with Crippen molar-refractivity contribution in [3.05, 3.63) is 53.3 Å². The van der Waals surface area contributed by atoms with Crippen LogP contribution in [-0.2, 0) is 0 Å². The molecule has 0 aliphatic rings. The fourth-order valence-corrected chi connectivity index (χ4v) is 1.36. The number of anilines is 1. The van der Waals surface area contributed by atoms with Gasteiger partial charge >= 0.3 is 0 Å². The van der Waals surface area contributed by atoms with Gasteiger partial charge in [-0.05, 0) is 36.4 Å². The predicted octanol–water partition coefficient (Wildman–Crippen LogP) is 3.85. The van der Waals surface area contributed by atoms with E-state index in [1.165, 1.54) is 12.1 Å². The molecule has 2 N–H and O–H groups in total. The van der Waals surface area contributed by atoms with Gasteiger partial charge in [0, 0.05) is 5.02 Å². The number of benzene rings is 2. The number of halogens is 2. The third-order valence-corrected chi connectivity index (χ3v) is 2.31. The third-order valence-electron chi connectivity index (χ3n) is 2.05. The summed E-state index contributed by atoms with van der Waals surface area (Å²) in [7, 11) is 0. The van der Waals surface area contributed by atoms with Crippen molar-refractivity contribution in [3.8, 4) is 11.5 Å². The number of para-hydroxylation sites is 1. The highest BCUT2D eigenvalue weighted by molar-refractivity contribution is 6.30. The fourth-order valence-electron chi connectivity index (χ4n) is 1.24. The average molecular weight is 238 g/mol. The van der Waals surface area contributed by atoms with Gasteiger partial charge in [-0.3, -0.25) is 0 Å². The highest BCUT2D eigenvalue weighted by atomic mass is 35.5. The minimum absolute atomic E-state index is 0.00236. The van der Waals surface area contributed by atoms with E-state index >= 15 is 0 Å². The fraction of sp³-hybridized carbons (Fsp3) is 0. The van der Waals surface area contributed by atoms with Gasteiger partial charge in [-0.15, -0.1) is 0 Å². The maximum atomic E-state index is 13.1. The van der Waals surface area contributed by atoms with E-state index in [-0.39, 0.29) is 5.69 Å². The molecule has 0 bridgehead atoms. The molecule has 0 spiro atoms. The number of hydrogen-bond donors (Lipinski definition) is 1. The van der Waals surface area contributed by atoms with E-state index in [0.717, 1.165) is 0 Å². The zero-order chi connectivity index (χ0) is 11.5. The smallest absolute Gasteiger partial charge is 0.153 e. The second-order valence-corrected chi connectivity index (χ2v) is 3.64. The minimum Gasteiger partial charge on any atom is -0.455 e. The van der Waals surface area contributed by atoms with Gasteiger partial charge in [-0.1, -0.05) is 17.7 Å². The number of nitrogens with two attached hydrogens (primary N) is 1. The maximum absolute atomic E-state index is 13.1. The molecule has 0 aromatic heterocycles. The molecule has 82 valence electrons. The summed E-state index contributed by atoms with van der Waals surface area (Å²) in [4.78, 5) is 0. The van der Waals surface area contributed by atoms with Crippen LogP contribution in [0, 0.1) is 5.82 Å². The van der Waals surface area contributed by atoms with Gasteiger partial charge in [0.15, 0.2) is 5.75 Å². The lowest BCUT2D eigenvalue weighted by Crippen LogP contribution is -1.94. The van der Waals surface area contributed by atoms with E-state index in [1.807, 2.05) is 0 Å². The van der Waals surface area contributed by atoms with Gasteiger partial charge in [0.1, 0.15) is 17.3 Å². The molecule has 2 nitrogen and oxygen atoms in total. The summed E-state index contributed by atoms with van der Waals surface area (Å²) in [5.41, 5.74) is 5.53. The molecule has 0 atom stereocenters. The van der Waals surface area contributed by atoms with Gasteiger partial charge in [-0.25, -0.2) is 4.39 Å². The summed E-state index contributed by atoms with van der Waals surface area (Å²) in [5, 5.41) is 0.611. The Morgan fingerprint density at radius 3 is 2.44 bits per heavy atom. The molecule has 0 saturated carbocycles. The van der Waals surface area contributed by atoms with Crippen LogP contribution in [0.4, 0.5) is 10.1 Å². The summed E-state index contributed by atoms with van der Waals surface area (Å²) >= 11 is 5.73. The van der Waals surface area contributed by atoms with Crippen LogP contribution < -0.4 is 10.5 Å². The van der Waals surface area contributed by atoms with Crippen LogP contribution in [0.3, 0.4) is 0 Å². The van der Waals surface area contributed by atoms with E-state index in [9.17, 15) is 4.39 Å². The van der Waals surface area contributed by atoms with Crippen LogP contribution in [0.2, 0.25) is 5.02 Å². The summed E-state index contributed by atoms with van der Waals surface area (Å²) in [5.74, 6) is 0.357. The van der Waals surface area contributed by atoms with Gasteiger partial charge in [-0.2, -0.15) is 0 Å². The summed E-state index contributed by atoms with van der Waals surface area (Å²) in [6.07, 6.45) is 0. The lowest BCUT2D eigenvalue weighted by atomic mass is 10.3. The van der Waals surface area contributed by atoms with Crippen LogP contribution in [0.15, 0.2) is 42.5 Å². The summed E-state index contributed by atoms with van der Waals surface area (Å²) in [6, 6.07) is 11.2. The van der Waals surface area contributed by atoms with Gasteiger partial charge in [0.05, 0.1) is 0 Å². The van der Waals surface area contributed by atoms with E-state index in [2.05, 4.69) is 0 Å². The molecule has 2 rings (SSSR count). The lowest BCUT2D eigenvalue weighted by molar-refractivity contribution is 0.480. The number of rotatable bonds is 2. The molecular weight excluding hydrogens is 229 g/mol. The zero-order valence-electron chi connectivity index (χ0n) is 8.28. The van der Waals surface area contributed by atoms with Gasteiger partial charge in [0.2, 0.25) is 0 Å². The van der Waals surface area contributed by atoms with E-state index in [0.29, 0.717) is 16.5 Å². The molecule has 0 unspecified atom stereocenters. The second kappa shape index (κ2) is 4.41. The van der Waals surface area contributed by atoms with Crippen molar-refractivity contribution < 1.29 is 9.13 Å². The first kappa shape index (κ1) is 10.8. The standard InChI is InChI=1S/C12H9ClFNO/c13-8-4-6-9(7-5-8)16-11-3-1-2-10(14)12(11)15/h1-7H,15H2. The van der Waals surface area contributed by atoms with Crippen molar-refractivity contribution >= 4 is 17.3 Å². The first-order valence-corrected chi connectivity index (χ1v) is 5.02. The van der Waals surface area contributed by atoms with Crippen molar-refractivity contribution in [2.24, 2.45) is 0 Å². The Labute approximate surface area is 97.4 Å². The largest absolute Gasteiger partial charge is 0.455 e. The summed E-state index contributed by atoms with van der Waals surface area (Å²) in [6.45, 7) is 0. The molecule has 0 heterocycles. The normalized spacial score (nSPS) is 10.1. The van der Waals surface area contributed by atoms with Crippen molar-refractivity contribution in [2.45, 2.75) is 0 Å². The van der Waals surface area contributed by atoms with Crippen molar-refractivity contribution in [2.75, 3.05) is 5.73 Å². The molecule has 0 aliphatic heterocycles. The number of hydrogen-bond acceptors (Lipinski definition) is 2.